The molecule has 2 amide bonds. The van der Waals surface area contributed by atoms with Gasteiger partial charge >= 0.3 is 5.97 Å². The molecule has 0 unspecified atom stereocenters. The van der Waals surface area contributed by atoms with Crippen molar-refractivity contribution in [1.29, 1.82) is 0 Å². The maximum Gasteiger partial charge on any atom is 0.308 e. The Morgan fingerprint density at radius 2 is 1.58 bits per heavy atom. The zero-order chi connectivity index (χ0) is 18.8. The van der Waals surface area contributed by atoms with Crippen LogP contribution in [0.2, 0.25) is 0 Å². The molecule has 6 nitrogen and oxygen atoms in total. The van der Waals surface area contributed by atoms with E-state index in [1.54, 1.807) is 0 Å². The molecule has 2 rings (SSSR count). The van der Waals surface area contributed by atoms with E-state index < -0.39 is 12.0 Å². The summed E-state index contributed by atoms with van der Waals surface area (Å²) in [7, 11) is 0. The minimum atomic E-state index is -0.553. The molecule has 2 N–H and O–H groups in total. The number of carbonyl (C=O) groups excluding carboxylic acids is 3. The first-order valence-corrected chi connectivity index (χ1v) is 8.33. The van der Waals surface area contributed by atoms with E-state index in [0.717, 1.165) is 11.1 Å². The Morgan fingerprint density at radius 1 is 0.962 bits per heavy atom. The predicted octanol–water partition coefficient (Wildman–Crippen LogP) is 2.11. The van der Waals surface area contributed by atoms with E-state index in [1.165, 1.54) is 6.92 Å². The van der Waals surface area contributed by atoms with Gasteiger partial charge in [-0.25, -0.2) is 0 Å². The van der Waals surface area contributed by atoms with Gasteiger partial charge in [-0.3, -0.25) is 14.4 Å². The average Bonchev–Trinajstić information content (AvgIpc) is 2.65. The van der Waals surface area contributed by atoms with Crippen LogP contribution in [0.3, 0.4) is 0 Å². The Bertz CT molecular complexity index is 732. The lowest BCUT2D eigenvalue weighted by molar-refractivity contribution is -0.149. The topological polar surface area (TPSA) is 84.5 Å². The zero-order valence-corrected chi connectivity index (χ0v) is 14.6. The van der Waals surface area contributed by atoms with E-state index in [4.69, 9.17) is 4.74 Å². The van der Waals surface area contributed by atoms with E-state index in [-0.39, 0.29) is 24.8 Å². The van der Waals surface area contributed by atoms with Crippen molar-refractivity contribution in [3.05, 3.63) is 71.8 Å². The lowest BCUT2D eigenvalue weighted by Gasteiger charge is -2.17. The van der Waals surface area contributed by atoms with Gasteiger partial charge in [0.15, 0.2) is 6.61 Å². The fraction of sp³-hybridized carbons (Fsp3) is 0.250. The minimum absolute atomic E-state index is 0.0461. The second-order valence-corrected chi connectivity index (χ2v) is 5.79. The van der Waals surface area contributed by atoms with Crippen LogP contribution >= 0.6 is 0 Å². The maximum absolute atomic E-state index is 12.0. The van der Waals surface area contributed by atoms with Crippen molar-refractivity contribution in [2.24, 2.45) is 0 Å². The highest BCUT2D eigenvalue weighted by atomic mass is 16.5. The zero-order valence-electron chi connectivity index (χ0n) is 14.6. The van der Waals surface area contributed by atoms with Crippen molar-refractivity contribution in [3.63, 3.8) is 0 Å². The molecule has 0 saturated carbocycles. The van der Waals surface area contributed by atoms with Crippen LogP contribution in [-0.4, -0.2) is 24.4 Å². The van der Waals surface area contributed by atoms with Crippen molar-refractivity contribution in [2.45, 2.75) is 25.9 Å². The highest BCUT2D eigenvalue weighted by Crippen LogP contribution is 2.17. The molecule has 2 aromatic carbocycles. The summed E-state index contributed by atoms with van der Waals surface area (Å²) in [5.41, 5.74) is 1.76. The van der Waals surface area contributed by atoms with Crippen LogP contribution in [0.1, 0.15) is 30.5 Å². The van der Waals surface area contributed by atoms with Crippen LogP contribution in [0.5, 0.6) is 0 Å². The van der Waals surface area contributed by atoms with E-state index in [2.05, 4.69) is 10.6 Å². The smallest absolute Gasteiger partial charge is 0.308 e. The molecule has 26 heavy (non-hydrogen) atoms. The lowest BCUT2D eigenvalue weighted by atomic mass is 10.0. The summed E-state index contributed by atoms with van der Waals surface area (Å²) in [5.74, 6) is -1.17. The van der Waals surface area contributed by atoms with Crippen LogP contribution in [-0.2, 0) is 25.7 Å². The number of nitrogens with one attached hydrogen (secondary N) is 2. The third-order valence-electron chi connectivity index (χ3n) is 3.65. The van der Waals surface area contributed by atoms with Crippen LogP contribution in [0, 0.1) is 0 Å². The molecule has 0 aliphatic heterocycles. The number of amides is 2. The molecule has 2 aromatic rings. The van der Waals surface area contributed by atoms with Crippen molar-refractivity contribution in [2.75, 3.05) is 6.61 Å². The average molecular weight is 354 g/mol. The molecular formula is C20H22N2O4. The van der Waals surface area contributed by atoms with Gasteiger partial charge in [0.25, 0.3) is 5.91 Å². The second kappa shape index (κ2) is 9.98. The van der Waals surface area contributed by atoms with Gasteiger partial charge in [-0.1, -0.05) is 60.7 Å². The molecule has 0 aliphatic rings. The highest BCUT2D eigenvalue weighted by Gasteiger charge is 2.18. The van der Waals surface area contributed by atoms with Gasteiger partial charge in [0.1, 0.15) is 0 Å². The lowest BCUT2D eigenvalue weighted by Crippen LogP contribution is -2.31. The largest absolute Gasteiger partial charge is 0.456 e. The van der Waals surface area contributed by atoms with E-state index in [9.17, 15) is 14.4 Å². The van der Waals surface area contributed by atoms with Gasteiger partial charge in [0.05, 0.1) is 12.5 Å². The molecule has 6 heteroatoms. The number of ether oxygens (including phenoxy) is 1. The standard InChI is InChI=1S/C20H22N2O4/c1-15(23)22-18(17-10-6-3-7-11-17)12-20(25)26-14-19(24)21-13-16-8-4-2-5-9-16/h2-11,18H,12-14H2,1H3,(H,21,24)(H,22,23)/t18-/m0/s1. The molecule has 0 saturated heterocycles. The third kappa shape index (κ3) is 6.76. The van der Waals surface area contributed by atoms with Crippen LogP contribution in [0.4, 0.5) is 0 Å². The highest BCUT2D eigenvalue weighted by molar-refractivity contribution is 5.81. The summed E-state index contributed by atoms with van der Waals surface area (Å²) in [6.07, 6.45) is -0.0461. The number of hydrogen-bond acceptors (Lipinski definition) is 4. The summed E-state index contributed by atoms with van der Waals surface area (Å²) in [4.78, 5) is 35.2. The number of carbonyl (C=O) groups is 3. The van der Waals surface area contributed by atoms with Gasteiger partial charge in [0, 0.05) is 13.5 Å². The summed E-state index contributed by atoms with van der Waals surface area (Å²) in [6, 6.07) is 18.1. The molecule has 0 spiro atoms. The second-order valence-electron chi connectivity index (χ2n) is 5.79. The molecule has 0 aliphatic carbocycles. The SMILES string of the molecule is CC(=O)N[C@@H](CC(=O)OCC(=O)NCc1ccccc1)c1ccccc1. The fourth-order valence-corrected chi connectivity index (χ4v) is 2.40. The molecule has 0 radical (unpaired) electrons. The molecule has 0 fully saturated rings. The van der Waals surface area contributed by atoms with Crippen molar-refractivity contribution < 1.29 is 19.1 Å². The Labute approximate surface area is 152 Å². The first kappa shape index (κ1) is 19.2. The molecular weight excluding hydrogens is 332 g/mol. The van der Waals surface area contributed by atoms with Gasteiger partial charge in [0.2, 0.25) is 5.91 Å². The van der Waals surface area contributed by atoms with Crippen LogP contribution in [0.25, 0.3) is 0 Å². The third-order valence-corrected chi connectivity index (χ3v) is 3.65. The van der Waals surface area contributed by atoms with Crippen molar-refractivity contribution in [3.8, 4) is 0 Å². The number of esters is 1. The fourth-order valence-electron chi connectivity index (χ4n) is 2.40. The van der Waals surface area contributed by atoms with Crippen molar-refractivity contribution in [1.82, 2.24) is 10.6 Å². The summed E-state index contributed by atoms with van der Waals surface area (Å²) >= 11 is 0. The predicted molar refractivity (Wildman–Crippen MR) is 96.9 cm³/mol. The molecule has 136 valence electrons. The van der Waals surface area contributed by atoms with Gasteiger partial charge in [-0.15, -0.1) is 0 Å². The number of benzene rings is 2. The van der Waals surface area contributed by atoms with E-state index in [1.807, 2.05) is 60.7 Å². The number of rotatable bonds is 8. The van der Waals surface area contributed by atoms with Gasteiger partial charge in [-0.05, 0) is 11.1 Å². The van der Waals surface area contributed by atoms with Crippen LogP contribution < -0.4 is 10.6 Å². The minimum Gasteiger partial charge on any atom is -0.456 e. The van der Waals surface area contributed by atoms with E-state index in [0.29, 0.717) is 6.54 Å². The van der Waals surface area contributed by atoms with Gasteiger partial charge in [-0.2, -0.15) is 0 Å². The normalized spacial score (nSPS) is 11.3. The van der Waals surface area contributed by atoms with Crippen LogP contribution in [0.15, 0.2) is 60.7 Å². The van der Waals surface area contributed by atoms with E-state index >= 15 is 0 Å². The summed E-state index contributed by atoms with van der Waals surface area (Å²) in [5, 5.41) is 5.41. The summed E-state index contributed by atoms with van der Waals surface area (Å²) in [6.45, 7) is 1.40. The Kier molecular flexibility index (Phi) is 7.36. The molecule has 0 bridgehead atoms. The number of hydrogen-bond donors (Lipinski definition) is 2. The Morgan fingerprint density at radius 3 is 2.19 bits per heavy atom. The first-order chi connectivity index (χ1) is 12.5. The first-order valence-electron chi connectivity index (χ1n) is 8.33. The molecule has 1 atom stereocenters. The Balaban J connectivity index is 1.80. The Hall–Kier alpha value is -3.15. The molecule has 0 aromatic heterocycles. The van der Waals surface area contributed by atoms with Gasteiger partial charge < -0.3 is 15.4 Å². The molecule has 0 heterocycles. The quantitative estimate of drug-likeness (QED) is 0.711. The monoisotopic (exact) mass is 354 g/mol. The van der Waals surface area contributed by atoms with Crippen molar-refractivity contribution >= 4 is 17.8 Å². The summed E-state index contributed by atoms with van der Waals surface area (Å²) < 4.78 is 5.02. The maximum atomic E-state index is 12.0.